The molecule has 0 spiro atoms. The van der Waals surface area contributed by atoms with Gasteiger partial charge in [0.1, 0.15) is 5.02 Å². The zero-order chi connectivity index (χ0) is 11.0. The lowest BCUT2D eigenvalue weighted by Gasteiger charge is -1.90. The van der Waals surface area contributed by atoms with E-state index in [-0.39, 0.29) is 23.9 Å². The average Bonchev–Trinajstić information content (AvgIpc) is 2.18. The third-order valence-corrected chi connectivity index (χ3v) is 1.47. The molecule has 1 rings (SSSR count). The van der Waals surface area contributed by atoms with Crippen LogP contribution in [0.25, 0.3) is 0 Å². The van der Waals surface area contributed by atoms with Crippen molar-refractivity contribution in [1.82, 2.24) is 0 Å². The number of nitro groups is 1. The van der Waals surface area contributed by atoms with Crippen molar-refractivity contribution >= 4 is 17.3 Å². The number of hydrogen-bond donors (Lipinski definition) is 2. The molecule has 6 heteroatoms. The summed E-state index contributed by atoms with van der Waals surface area (Å²) in [6.07, 6.45) is 0. The summed E-state index contributed by atoms with van der Waals surface area (Å²) in [4.78, 5) is 9.63. The van der Waals surface area contributed by atoms with E-state index in [1.165, 1.54) is 12.1 Å². The highest BCUT2D eigenvalue weighted by molar-refractivity contribution is 6.32. The molecule has 0 aliphatic carbocycles. The fourth-order valence-corrected chi connectivity index (χ4v) is 0.805. The number of nitro benzene ring substituents is 1. The molecule has 0 atom stereocenters. The van der Waals surface area contributed by atoms with Crippen molar-refractivity contribution < 1.29 is 15.1 Å². The lowest BCUT2D eigenvalue weighted by atomic mass is 10.3. The molecular formula is C8H10ClNO4. The molecule has 0 unspecified atom stereocenters. The van der Waals surface area contributed by atoms with Crippen LogP contribution >= 0.6 is 11.6 Å². The first-order valence-corrected chi connectivity index (χ1v) is 4.12. The zero-order valence-electron chi connectivity index (χ0n) is 7.26. The zero-order valence-corrected chi connectivity index (χ0v) is 8.02. The Morgan fingerprint density at radius 1 is 1.29 bits per heavy atom. The fourth-order valence-electron chi connectivity index (χ4n) is 0.600. The Labute approximate surface area is 85.7 Å². The summed E-state index contributed by atoms with van der Waals surface area (Å²) in [5.41, 5.74) is -0.0517. The first-order chi connectivity index (χ1) is 6.63. The van der Waals surface area contributed by atoms with Gasteiger partial charge in [-0.05, 0) is 6.07 Å². The van der Waals surface area contributed by atoms with E-state index >= 15 is 0 Å². The topological polar surface area (TPSA) is 83.6 Å². The molecule has 0 radical (unpaired) electrons. The van der Waals surface area contributed by atoms with E-state index in [0.29, 0.717) is 0 Å². The number of aliphatic hydroxyl groups excluding tert-OH is 2. The second-order valence-corrected chi connectivity index (χ2v) is 2.56. The van der Waals surface area contributed by atoms with Crippen molar-refractivity contribution in [3.8, 4) is 0 Å². The Morgan fingerprint density at radius 2 is 1.79 bits per heavy atom. The van der Waals surface area contributed by atoms with Crippen LogP contribution in [0, 0.1) is 10.1 Å². The SMILES string of the molecule is O=[N+]([O-])c1ccccc1Cl.OCCO. The highest BCUT2D eigenvalue weighted by atomic mass is 35.5. The minimum Gasteiger partial charge on any atom is -0.394 e. The predicted molar refractivity (Wildman–Crippen MR) is 52.3 cm³/mol. The summed E-state index contributed by atoms with van der Waals surface area (Å²) in [6, 6.07) is 6.07. The number of halogens is 1. The van der Waals surface area contributed by atoms with Crippen LogP contribution in [-0.4, -0.2) is 28.4 Å². The van der Waals surface area contributed by atoms with Crippen molar-refractivity contribution in [3.05, 3.63) is 39.4 Å². The molecule has 0 aliphatic heterocycles. The van der Waals surface area contributed by atoms with Crippen LogP contribution in [0.15, 0.2) is 24.3 Å². The summed E-state index contributed by atoms with van der Waals surface area (Å²) in [6.45, 7) is -0.250. The van der Waals surface area contributed by atoms with E-state index in [2.05, 4.69) is 0 Å². The van der Waals surface area contributed by atoms with Crippen LogP contribution in [0.4, 0.5) is 5.69 Å². The van der Waals surface area contributed by atoms with Crippen LogP contribution < -0.4 is 0 Å². The van der Waals surface area contributed by atoms with E-state index in [1.54, 1.807) is 12.1 Å². The highest BCUT2D eigenvalue weighted by Gasteiger charge is 2.08. The van der Waals surface area contributed by atoms with E-state index in [1.807, 2.05) is 0 Å². The lowest BCUT2D eigenvalue weighted by Crippen LogP contribution is -1.87. The number of hydrogen-bond acceptors (Lipinski definition) is 4. The molecule has 0 aromatic heterocycles. The number of aliphatic hydroxyl groups is 2. The largest absolute Gasteiger partial charge is 0.394 e. The Morgan fingerprint density at radius 3 is 2.07 bits per heavy atom. The Bertz CT molecular complexity index is 290. The number of para-hydroxylation sites is 1. The van der Waals surface area contributed by atoms with Gasteiger partial charge in [0.25, 0.3) is 5.69 Å². The van der Waals surface area contributed by atoms with Crippen LogP contribution in [0.1, 0.15) is 0 Å². The normalized spacial score (nSPS) is 8.79. The molecule has 0 fully saturated rings. The first kappa shape index (κ1) is 12.8. The molecule has 1 aromatic rings. The molecule has 0 amide bonds. The molecule has 2 N–H and O–H groups in total. The standard InChI is InChI=1S/C6H4ClNO2.C2H6O2/c7-5-3-1-2-4-6(5)8(9)10;3-1-2-4/h1-4H;3-4H,1-2H2. The third kappa shape index (κ3) is 4.76. The van der Waals surface area contributed by atoms with Crippen molar-refractivity contribution in [2.24, 2.45) is 0 Å². The molecule has 1 aromatic carbocycles. The monoisotopic (exact) mass is 219 g/mol. The maximum absolute atomic E-state index is 10.1. The van der Waals surface area contributed by atoms with E-state index < -0.39 is 4.92 Å². The van der Waals surface area contributed by atoms with Crippen molar-refractivity contribution in [3.63, 3.8) is 0 Å². The van der Waals surface area contributed by atoms with Gasteiger partial charge in [-0.1, -0.05) is 23.7 Å². The smallest absolute Gasteiger partial charge is 0.287 e. The van der Waals surface area contributed by atoms with Gasteiger partial charge in [0.2, 0.25) is 0 Å². The van der Waals surface area contributed by atoms with E-state index in [0.717, 1.165) is 0 Å². The van der Waals surface area contributed by atoms with Gasteiger partial charge < -0.3 is 10.2 Å². The molecule has 5 nitrogen and oxygen atoms in total. The quantitative estimate of drug-likeness (QED) is 0.579. The second-order valence-electron chi connectivity index (χ2n) is 2.16. The minimum absolute atomic E-state index is 0.0517. The van der Waals surface area contributed by atoms with Gasteiger partial charge >= 0.3 is 0 Å². The number of rotatable bonds is 2. The molecule has 0 heterocycles. The Hall–Kier alpha value is -1.17. The van der Waals surface area contributed by atoms with Gasteiger partial charge in [-0.2, -0.15) is 0 Å². The minimum atomic E-state index is -0.512. The summed E-state index contributed by atoms with van der Waals surface area (Å²) in [7, 11) is 0. The van der Waals surface area contributed by atoms with Crippen LogP contribution in [0.5, 0.6) is 0 Å². The van der Waals surface area contributed by atoms with Crippen molar-refractivity contribution in [2.45, 2.75) is 0 Å². The highest BCUT2D eigenvalue weighted by Crippen LogP contribution is 2.21. The Balaban J connectivity index is 0.000000364. The summed E-state index contributed by atoms with van der Waals surface area (Å²) in [5, 5.41) is 25.6. The van der Waals surface area contributed by atoms with Crippen molar-refractivity contribution in [1.29, 1.82) is 0 Å². The lowest BCUT2D eigenvalue weighted by molar-refractivity contribution is -0.384. The Kier molecular flexibility index (Phi) is 6.65. The van der Waals surface area contributed by atoms with Gasteiger partial charge in [0, 0.05) is 6.07 Å². The molecular weight excluding hydrogens is 210 g/mol. The van der Waals surface area contributed by atoms with Crippen LogP contribution in [0.3, 0.4) is 0 Å². The van der Waals surface area contributed by atoms with Gasteiger partial charge in [-0.3, -0.25) is 10.1 Å². The number of benzene rings is 1. The molecule has 0 bridgehead atoms. The molecule has 14 heavy (non-hydrogen) atoms. The fraction of sp³-hybridized carbons (Fsp3) is 0.250. The summed E-state index contributed by atoms with van der Waals surface area (Å²) < 4.78 is 0. The van der Waals surface area contributed by atoms with Gasteiger partial charge in [0.15, 0.2) is 0 Å². The summed E-state index contributed by atoms with van der Waals surface area (Å²) in [5.74, 6) is 0. The van der Waals surface area contributed by atoms with Crippen molar-refractivity contribution in [2.75, 3.05) is 13.2 Å². The predicted octanol–water partition coefficient (Wildman–Crippen LogP) is 1.22. The molecule has 0 saturated heterocycles. The molecule has 0 aliphatic rings. The maximum Gasteiger partial charge on any atom is 0.287 e. The first-order valence-electron chi connectivity index (χ1n) is 3.74. The van der Waals surface area contributed by atoms with Crippen LogP contribution in [-0.2, 0) is 0 Å². The number of nitrogens with zero attached hydrogens (tertiary/aromatic N) is 1. The van der Waals surface area contributed by atoms with Gasteiger partial charge in [0.05, 0.1) is 18.1 Å². The second kappa shape index (κ2) is 7.25. The summed E-state index contributed by atoms with van der Waals surface area (Å²) >= 11 is 5.48. The van der Waals surface area contributed by atoms with Gasteiger partial charge in [-0.25, -0.2) is 0 Å². The molecule has 78 valence electrons. The van der Waals surface area contributed by atoms with E-state index in [9.17, 15) is 10.1 Å². The molecule has 0 saturated carbocycles. The van der Waals surface area contributed by atoms with Crippen LogP contribution in [0.2, 0.25) is 5.02 Å². The maximum atomic E-state index is 10.1. The average molecular weight is 220 g/mol. The van der Waals surface area contributed by atoms with E-state index in [4.69, 9.17) is 21.8 Å². The van der Waals surface area contributed by atoms with Gasteiger partial charge in [-0.15, -0.1) is 0 Å². The third-order valence-electron chi connectivity index (χ3n) is 1.15.